The van der Waals surface area contributed by atoms with E-state index in [1.165, 1.54) is 0 Å². The first kappa shape index (κ1) is 16.0. The Kier molecular flexibility index (Phi) is 5.76. The van der Waals surface area contributed by atoms with Gasteiger partial charge >= 0.3 is 0 Å². The van der Waals surface area contributed by atoms with Crippen LogP contribution in [-0.2, 0) is 6.54 Å². The molecule has 0 amide bonds. The van der Waals surface area contributed by atoms with Crippen LogP contribution in [0.2, 0.25) is 0 Å². The van der Waals surface area contributed by atoms with E-state index in [1.807, 2.05) is 6.20 Å². The van der Waals surface area contributed by atoms with E-state index in [-0.39, 0.29) is 5.56 Å². The largest absolute Gasteiger partial charge is 0.368 e. The summed E-state index contributed by atoms with van der Waals surface area (Å²) in [6, 6.07) is 2.12. The average Bonchev–Trinajstić information content (AvgIpc) is 2.47. The van der Waals surface area contributed by atoms with E-state index < -0.39 is 0 Å². The third-order valence-corrected chi connectivity index (χ3v) is 4.05. The minimum atomic E-state index is -0.00451. The van der Waals surface area contributed by atoms with Crippen LogP contribution >= 0.6 is 0 Å². The third kappa shape index (κ3) is 4.54. The smallest absolute Gasteiger partial charge is 0.268 e. The second kappa shape index (κ2) is 7.56. The van der Waals surface area contributed by atoms with Crippen molar-refractivity contribution in [2.75, 3.05) is 44.7 Å². The summed E-state index contributed by atoms with van der Waals surface area (Å²) in [6.45, 7) is 9.81. The Hall–Kier alpha value is -1.40. The number of aromatic nitrogens is 2. The second-order valence-electron chi connectivity index (χ2n) is 5.81. The molecule has 21 heavy (non-hydrogen) atoms. The molecule has 6 nitrogen and oxygen atoms in total. The van der Waals surface area contributed by atoms with Gasteiger partial charge in [0, 0.05) is 44.8 Å². The van der Waals surface area contributed by atoms with E-state index in [0.29, 0.717) is 12.6 Å². The van der Waals surface area contributed by atoms with Gasteiger partial charge in [-0.15, -0.1) is 0 Å². The first-order valence-corrected chi connectivity index (χ1v) is 7.84. The topological polar surface area (TPSA) is 53.4 Å². The van der Waals surface area contributed by atoms with Gasteiger partial charge in [-0.2, -0.15) is 5.10 Å². The van der Waals surface area contributed by atoms with Gasteiger partial charge in [0.1, 0.15) is 0 Å². The molecule has 1 atom stereocenters. The lowest BCUT2D eigenvalue weighted by Gasteiger charge is -2.33. The van der Waals surface area contributed by atoms with Crippen LogP contribution in [0.5, 0.6) is 0 Å². The highest BCUT2D eigenvalue weighted by molar-refractivity contribution is 5.43. The molecule has 2 rings (SSSR count). The summed E-state index contributed by atoms with van der Waals surface area (Å²) in [6.07, 6.45) is 2.74. The SMILES string of the molecule is CCNC(C)CCn1ncc(N2CCN(C)CC2)cc1=O. The minimum absolute atomic E-state index is 0.00451. The van der Waals surface area contributed by atoms with E-state index in [9.17, 15) is 4.79 Å². The fourth-order valence-corrected chi connectivity index (χ4v) is 2.60. The zero-order valence-electron chi connectivity index (χ0n) is 13.4. The van der Waals surface area contributed by atoms with Crippen LogP contribution in [0.15, 0.2) is 17.1 Å². The standard InChI is InChI=1S/C15H27N5O/c1-4-16-13(2)5-6-20-15(21)11-14(12-17-20)19-9-7-18(3)8-10-19/h11-13,16H,4-10H2,1-3H3. The highest BCUT2D eigenvalue weighted by Gasteiger charge is 2.15. The van der Waals surface area contributed by atoms with Crippen LogP contribution in [0.25, 0.3) is 0 Å². The summed E-state index contributed by atoms with van der Waals surface area (Å²) in [5, 5.41) is 7.67. The summed E-state index contributed by atoms with van der Waals surface area (Å²) in [5.41, 5.74) is 0.944. The number of hydrogen-bond acceptors (Lipinski definition) is 5. The molecule has 1 aliphatic heterocycles. The second-order valence-corrected chi connectivity index (χ2v) is 5.81. The molecule has 0 aromatic carbocycles. The molecule has 0 aliphatic carbocycles. The van der Waals surface area contributed by atoms with Crippen molar-refractivity contribution in [2.45, 2.75) is 32.9 Å². The van der Waals surface area contributed by atoms with Gasteiger partial charge in [0.15, 0.2) is 0 Å². The van der Waals surface area contributed by atoms with Gasteiger partial charge < -0.3 is 15.1 Å². The first-order valence-electron chi connectivity index (χ1n) is 7.84. The van der Waals surface area contributed by atoms with Crippen molar-refractivity contribution in [1.82, 2.24) is 20.0 Å². The molecule has 2 heterocycles. The van der Waals surface area contributed by atoms with Gasteiger partial charge in [0.25, 0.3) is 5.56 Å². The predicted octanol–water partition coefficient (Wildman–Crippen LogP) is 0.383. The molecular weight excluding hydrogens is 266 g/mol. The van der Waals surface area contributed by atoms with E-state index in [0.717, 1.165) is 44.8 Å². The lowest BCUT2D eigenvalue weighted by atomic mass is 10.2. The highest BCUT2D eigenvalue weighted by atomic mass is 16.1. The number of nitrogens with zero attached hydrogens (tertiary/aromatic N) is 4. The van der Waals surface area contributed by atoms with E-state index in [4.69, 9.17) is 0 Å². The molecule has 1 N–H and O–H groups in total. The summed E-state index contributed by atoms with van der Waals surface area (Å²) >= 11 is 0. The van der Waals surface area contributed by atoms with Crippen molar-refractivity contribution in [2.24, 2.45) is 0 Å². The fourth-order valence-electron chi connectivity index (χ4n) is 2.60. The molecule has 0 spiro atoms. The van der Waals surface area contributed by atoms with Gasteiger partial charge in [-0.3, -0.25) is 4.79 Å². The number of anilines is 1. The molecule has 1 aliphatic rings. The number of nitrogens with one attached hydrogen (secondary N) is 1. The van der Waals surface area contributed by atoms with Gasteiger partial charge in [0.2, 0.25) is 0 Å². The molecule has 1 aromatic heterocycles. The van der Waals surface area contributed by atoms with E-state index in [1.54, 1.807) is 10.7 Å². The Morgan fingerprint density at radius 1 is 1.33 bits per heavy atom. The number of likely N-dealkylation sites (N-methyl/N-ethyl adjacent to an activating group) is 1. The quantitative estimate of drug-likeness (QED) is 0.822. The Balaban J connectivity index is 1.96. The molecule has 0 saturated carbocycles. The highest BCUT2D eigenvalue weighted by Crippen LogP contribution is 2.12. The Labute approximate surface area is 126 Å². The number of aryl methyl sites for hydroxylation is 1. The van der Waals surface area contributed by atoms with E-state index in [2.05, 4.69) is 41.1 Å². The zero-order valence-corrected chi connectivity index (χ0v) is 13.4. The van der Waals surface area contributed by atoms with Crippen LogP contribution in [0, 0.1) is 0 Å². The van der Waals surface area contributed by atoms with Crippen molar-refractivity contribution in [3.63, 3.8) is 0 Å². The maximum atomic E-state index is 12.2. The zero-order chi connectivity index (χ0) is 15.2. The molecule has 1 fully saturated rings. The van der Waals surface area contributed by atoms with Crippen LogP contribution < -0.4 is 15.8 Å². The summed E-state index contributed by atoms with van der Waals surface area (Å²) in [4.78, 5) is 16.7. The van der Waals surface area contributed by atoms with Crippen LogP contribution in [-0.4, -0.2) is 60.5 Å². The predicted molar refractivity (Wildman–Crippen MR) is 86.0 cm³/mol. The molecule has 0 radical (unpaired) electrons. The molecule has 1 aromatic rings. The van der Waals surface area contributed by atoms with Crippen molar-refractivity contribution in [1.29, 1.82) is 0 Å². The van der Waals surface area contributed by atoms with Gasteiger partial charge in [-0.25, -0.2) is 4.68 Å². The van der Waals surface area contributed by atoms with Crippen LogP contribution in [0.3, 0.4) is 0 Å². The first-order chi connectivity index (χ1) is 10.1. The minimum Gasteiger partial charge on any atom is -0.368 e. The summed E-state index contributed by atoms with van der Waals surface area (Å²) in [5.74, 6) is 0. The monoisotopic (exact) mass is 293 g/mol. The summed E-state index contributed by atoms with van der Waals surface area (Å²) in [7, 11) is 2.12. The third-order valence-electron chi connectivity index (χ3n) is 4.05. The lowest BCUT2D eigenvalue weighted by molar-refractivity contribution is 0.312. The van der Waals surface area contributed by atoms with E-state index >= 15 is 0 Å². The molecule has 1 saturated heterocycles. The molecule has 1 unspecified atom stereocenters. The van der Waals surface area contributed by atoms with Crippen molar-refractivity contribution in [3.8, 4) is 0 Å². The van der Waals surface area contributed by atoms with Gasteiger partial charge in [0.05, 0.1) is 11.9 Å². The number of hydrogen-bond donors (Lipinski definition) is 1. The van der Waals surface area contributed by atoms with Gasteiger partial charge in [-0.05, 0) is 26.9 Å². The average molecular weight is 293 g/mol. The number of piperazine rings is 1. The Morgan fingerprint density at radius 2 is 2.05 bits per heavy atom. The van der Waals surface area contributed by atoms with Crippen LogP contribution in [0.1, 0.15) is 20.3 Å². The molecule has 0 bridgehead atoms. The lowest BCUT2D eigenvalue weighted by Crippen LogP contribution is -2.45. The maximum Gasteiger partial charge on any atom is 0.268 e. The van der Waals surface area contributed by atoms with Crippen molar-refractivity contribution < 1.29 is 0 Å². The molecular formula is C15H27N5O. The fraction of sp³-hybridized carbons (Fsp3) is 0.733. The van der Waals surface area contributed by atoms with Crippen molar-refractivity contribution in [3.05, 3.63) is 22.6 Å². The van der Waals surface area contributed by atoms with Crippen molar-refractivity contribution >= 4 is 5.69 Å². The Bertz CT molecular complexity index is 493. The molecule has 6 heteroatoms. The van der Waals surface area contributed by atoms with Gasteiger partial charge in [-0.1, -0.05) is 6.92 Å². The molecule has 118 valence electrons. The summed E-state index contributed by atoms with van der Waals surface area (Å²) < 4.78 is 1.56. The van der Waals surface area contributed by atoms with Crippen LogP contribution in [0.4, 0.5) is 5.69 Å². The Morgan fingerprint density at radius 3 is 2.67 bits per heavy atom. The normalized spacial score (nSPS) is 18.0. The maximum absolute atomic E-state index is 12.2. The number of rotatable bonds is 6.